The number of carbonyl (C=O) groups excluding carboxylic acids is 2. The van der Waals surface area contributed by atoms with Gasteiger partial charge in [-0.15, -0.1) is 0 Å². The van der Waals surface area contributed by atoms with Gasteiger partial charge in [-0.05, 0) is 84.3 Å². The van der Waals surface area contributed by atoms with Crippen LogP contribution in [0.5, 0.6) is 0 Å². The first-order chi connectivity index (χ1) is 18.6. The Morgan fingerprint density at radius 2 is 1.92 bits per heavy atom. The summed E-state index contributed by atoms with van der Waals surface area (Å²) in [4.78, 5) is 25.4. The zero-order valence-corrected chi connectivity index (χ0v) is 22.8. The second-order valence-electron chi connectivity index (χ2n) is 12.9. The van der Waals surface area contributed by atoms with E-state index >= 15 is 0 Å². The number of nitrogens with two attached hydrogens (primary N) is 1. The van der Waals surface area contributed by atoms with Crippen LogP contribution in [0, 0.1) is 39.9 Å². The highest BCUT2D eigenvalue weighted by Crippen LogP contribution is 2.70. The Bertz CT molecular complexity index is 1470. The van der Waals surface area contributed by atoms with E-state index in [4.69, 9.17) is 15.2 Å². The average molecular weight is 526 g/mol. The molecule has 0 saturated heterocycles. The molecular weight excluding hydrogens is 490 g/mol. The smallest absolute Gasteiger partial charge is 0.302 e. The Labute approximate surface area is 229 Å². The van der Waals surface area contributed by atoms with E-state index in [1.54, 1.807) is 0 Å². The van der Waals surface area contributed by atoms with Gasteiger partial charge in [0.05, 0.1) is 0 Å². The number of hydrogen-bond donors (Lipinski definition) is 2. The number of carbonyl (C=O) groups is 2. The van der Waals surface area contributed by atoms with E-state index < -0.39 is 5.60 Å². The lowest BCUT2D eigenvalue weighted by molar-refractivity contribution is -0.148. The van der Waals surface area contributed by atoms with Crippen LogP contribution in [0.4, 0.5) is 5.69 Å². The highest BCUT2D eigenvalue weighted by molar-refractivity contribution is 6.08. The van der Waals surface area contributed by atoms with E-state index in [1.165, 1.54) is 12.5 Å². The Hall–Kier alpha value is -3.53. The predicted octanol–water partition coefficient (Wildman–Crippen LogP) is 5.36. The van der Waals surface area contributed by atoms with E-state index in [9.17, 15) is 14.9 Å². The first kappa shape index (κ1) is 24.5. The molecule has 4 aliphatic carbocycles. The van der Waals surface area contributed by atoms with E-state index in [0.717, 1.165) is 60.9 Å². The van der Waals surface area contributed by atoms with E-state index in [2.05, 4.69) is 31.3 Å². The van der Waals surface area contributed by atoms with Gasteiger partial charge in [0, 0.05) is 24.6 Å². The number of nitrogens with zero attached hydrogens (tertiary/aromatic N) is 1. The van der Waals surface area contributed by atoms with Gasteiger partial charge in [0.25, 0.3) is 5.91 Å². The lowest BCUT2D eigenvalue weighted by Gasteiger charge is -2.57. The molecule has 0 aromatic heterocycles. The fourth-order valence-electron chi connectivity index (χ4n) is 9.54. The van der Waals surface area contributed by atoms with Crippen molar-refractivity contribution in [3.05, 3.63) is 64.1 Å². The topological polar surface area (TPSA) is 114 Å². The monoisotopic (exact) mass is 525 g/mol. The predicted molar refractivity (Wildman–Crippen MR) is 144 cm³/mol. The number of nitrogens with one attached hydrogen (secondary N) is 1. The van der Waals surface area contributed by atoms with Crippen LogP contribution < -0.4 is 11.1 Å². The van der Waals surface area contributed by atoms with Crippen molar-refractivity contribution >= 4 is 17.6 Å². The van der Waals surface area contributed by atoms with Crippen molar-refractivity contribution in [2.24, 2.45) is 34.3 Å². The van der Waals surface area contributed by atoms with Gasteiger partial charge in [0.1, 0.15) is 17.7 Å². The van der Waals surface area contributed by atoms with E-state index in [0.29, 0.717) is 23.8 Å². The molecule has 39 heavy (non-hydrogen) atoms. The summed E-state index contributed by atoms with van der Waals surface area (Å²) < 4.78 is 12.0. The normalized spacial score (nSPS) is 39.8. The maximum absolute atomic E-state index is 13.8. The molecule has 2 saturated carbocycles. The molecule has 2 aliphatic heterocycles. The number of hydrogen-bond acceptors (Lipinski definition) is 6. The fourth-order valence-corrected chi connectivity index (χ4v) is 9.54. The SMILES string of the molecule is CC(=O)O[C@H]1CC[C@@]2(C)C(=CC[C@@H]3[C@@H]2CC[C@]2(C)C4=C(C[C@@H]32)[C@@]2(OC(N)=C4C#N)C(=O)Nc3ccccc32)C1. The fraction of sp³-hybridized carbons (Fsp3) is 0.531. The summed E-state index contributed by atoms with van der Waals surface area (Å²) in [6.07, 6.45) is 8.76. The van der Waals surface area contributed by atoms with Gasteiger partial charge in [0.15, 0.2) is 0 Å². The number of para-hydroxylation sites is 1. The summed E-state index contributed by atoms with van der Waals surface area (Å²) in [5.41, 5.74) is 10.2. The van der Waals surface area contributed by atoms with Crippen LogP contribution in [0.3, 0.4) is 0 Å². The Balaban J connectivity index is 1.31. The van der Waals surface area contributed by atoms with Crippen LogP contribution in [0.2, 0.25) is 0 Å². The minimum atomic E-state index is -1.33. The molecule has 1 aromatic carbocycles. The van der Waals surface area contributed by atoms with Crippen LogP contribution in [0.15, 0.2) is 58.5 Å². The van der Waals surface area contributed by atoms with Crippen molar-refractivity contribution < 1.29 is 19.1 Å². The lowest BCUT2D eigenvalue weighted by Crippen LogP contribution is -2.50. The van der Waals surface area contributed by atoms with Crippen molar-refractivity contribution in [2.75, 3.05) is 5.32 Å². The minimum absolute atomic E-state index is 0.0306. The highest BCUT2D eigenvalue weighted by Gasteiger charge is 2.65. The number of anilines is 1. The number of benzene rings is 1. The quantitative estimate of drug-likeness (QED) is 0.377. The third kappa shape index (κ3) is 3.03. The molecule has 6 aliphatic rings. The number of rotatable bonds is 1. The standard InChI is InChI=1S/C32H35N3O4/c1-17(36)38-19-10-12-30(2)18(14-19)8-9-20-22(30)11-13-31(3)24(20)15-25-27(31)21(16-33)28(34)39-32(25)23-6-4-5-7-26(23)35-29(32)37/h4-8,19-20,22,24H,9-15,34H2,1-3H3,(H,35,37)/t19-,20+,22-,24-,30-,31-,32+/m0/s1. The van der Waals surface area contributed by atoms with Crippen LogP contribution >= 0.6 is 0 Å². The number of esters is 1. The third-order valence-electron chi connectivity index (χ3n) is 11.2. The average Bonchev–Trinajstić information content (AvgIpc) is 3.36. The molecule has 0 bridgehead atoms. The number of amides is 1. The zero-order valence-electron chi connectivity index (χ0n) is 22.8. The zero-order chi connectivity index (χ0) is 27.3. The number of nitriles is 1. The molecule has 7 atom stereocenters. The van der Waals surface area contributed by atoms with Crippen LogP contribution in [-0.4, -0.2) is 18.0 Å². The maximum atomic E-state index is 13.8. The van der Waals surface area contributed by atoms with Crippen LogP contribution in [0.25, 0.3) is 0 Å². The summed E-state index contributed by atoms with van der Waals surface area (Å²) in [5.74, 6) is 0.820. The third-order valence-corrected chi connectivity index (χ3v) is 11.2. The van der Waals surface area contributed by atoms with Crippen LogP contribution in [0.1, 0.15) is 71.3 Å². The first-order valence-corrected chi connectivity index (χ1v) is 14.2. The van der Waals surface area contributed by atoms with Gasteiger partial charge >= 0.3 is 5.97 Å². The van der Waals surface area contributed by atoms with Crippen molar-refractivity contribution in [1.29, 1.82) is 5.26 Å². The Morgan fingerprint density at radius 1 is 1.15 bits per heavy atom. The molecule has 1 aromatic rings. The van der Waals surface area contributed by atoms with Gasteiger partial charge in [-0.25, -0.2) is 0 Å². The molecule has 7 heteroatoms. The molecular formula is C32H35N3O4. The molecule has 2 heterocycles. The molecule has 0 unspecified atom stereocenters. The molecule has 3 N–H and O–H groups in total. The molecule has 1 spiro atoms. The van der Waals surface area contributed by atoms with E-state index in [1.807, 2.05) is 24.3 Å². The minimum Gasteiger partial charge on any atom is -0.462 e. The van der Waals surface area contributed by atoms with Gasteiger partial charge in [-0.1, -0.05) is 43.7 Å². The van der Waals surface area contributed by atoms with Crippen LogP contribution in [-0.2, 0) is 24.7 Å². The van der Waals surface area contributed by atoms with Gasteiger partial charge < -0.3 is 20.5 Å². The number of ether oxygens (including phenoxy) is 2. The molecule has 7 rings (SSSR count). The van der Waals surface area contributed by atoms with E-state index in [-0.39, 0.29) is 40.6 Å². The van der Waals surface area contributed by atoms with Gasteiger partial charge in [-0.3, -0.25) is 9.59 Å². The summed E-state index contributed by atoms with van der Waals surface area (Å²) in [5, 5.41) is 13.3. The van der Waals surface area contributed by atoms with Crippen molar-refractivity contribution in [3.63, 3.8) is 0 Å². The molecule has 1 amide bonds. The summed E-state index contributed by atoms with van der Waals surface area (Å²) >= 11 is 0. The summed E-state index contributed by atoms with van der Waals surface area (Å²) in [7, 11) is 0. The van der Waals surface area contributed by atoms with Gasteiger partial charge in [-0.2, -0.15) is 5.26 Å². The maximum Gasteiger partial charge on any atom is 0.302 e. The van der Waals surface area contributed by atoms with Crippen molar-refractivity contribution in [1.82, 2.24) is 0 Å². The summed E-state index contributed by atoms with van der Waals surface area (Å²) in [6.45, 7) is 6.19. The van der Waals surface area contributed by atoms with Crippen molar-refractivity contribution in [2.45, 2.75) is 77.4 Å². The molecule has 0 radical (unpaired) electrons. The van der Waals surface area contributed by atoms with Gasteiger partial charge in [0.2, 0.25) is 11.5 Å². The highest BCUT2D eigenvalue weighted by atomic mass is 16.5. The molecule has 7 nitrogen and oxygen atoms in total. The lowest BCUT2D eigenvalue weighted by atomic mass is 9.47. The largest absolute Gasteiger partial charge is 0.462 e. The molecule has 2 fully saturated rings. The van der Waals surface area contributed by atoms with Crippen molar-refractivity contribution in [3.8, 4) is 6.07 Å². The Morgan fingerprint density at radius 3 is 2.69 bits per heavy atom. The summed E-state index contributed by atoms with van der Waals surface area (Å²) in [6, 6.07) is 10.0. The molecule has 202 valence electrons. The second kappa shape index (κ2) is 8.00. The first-order valence-electron chi connectivity index (χ1n) is 14.2. The number of allylic oxidation sites excluding steroid dienone is 3. The number of fused-ring (bicyclic) bond motifs is 9. The Kier molecular flexibility index (Phi) is 5.03. The second-order valence-corrected chi connectivity index (χ2v) is 12.9.